The van der Waals surface area contributed by atoms with Crippen LogP contribution in [-0.2, 0) is 4.79 Å². The van der Waals surface area contributed by atoms with E-state index in [0.29, 0.717) is 12.8 Å². The maximum atomic E-state index is 11.3. The van der Waals surface area contributed by atoms with E-state index in [-0.39, 0.29) is 5.91 Å². The predicted octanol–water partition coefficient (Wildman–Crippen LogP) is 5.77. The van der Waals surface area contributed by atoms with Gasteiger partial charge in [0.25, 0.3) is 0 Å². The Balaban J connectivity index is 0. The molecule has 0 aromatic carbocycles. The summed E-state index contributed by atoms with van der Waals surface area (Å²) in [5, 5.41) is 2.04. The molecule has 0 rings (SSSR count). The largest absolute Gasteiger partial charge is 0.351 e. The van der Waals surface area contributed by atoms with E-state index < -0.39 is 10.4 Å². The monoisotopic (exact) mass is 406 g/mol. The number of rotatable bonds is 10. The van der Waals surface area contributed by atoms with Crippen molar-refractivity contribution in [3.05, 3.63) is 0 Å². The van der Waals surface area contributed by atoms with E-state index in [9.17, 15) is 9.59 Å². The summed E-state index contributed by atoms with van der Waals surface area (Å²) in [6.45, 7) is 13.0. The van der Waals surface area contributed by atoms with Crippen molar-refractivity contribution < 1.29 is 9.59 Å². The van der Waals surface area contributed by atoms with Gasteiger partial charge >= 0.3 is 6.03 Å². The molecule has 0 saturated carbocycles. The van der Waals surface area contributed by atoms with Gasteiger partial charge < -0.3 is 5.73 Å². The zero-order chi connectivity index (χ0) is 19.2. The minimum atomic E-state index is -0.814. The number of nitrogens with two attached hydrogens (primary N) is 1. The van der Waals surface area contributed by atoms with Crippen molar-refractivity contribution in [3.63, 3.8) is 0 Å². The number of hydrogen-bond acceptors (Lipinski definition) is 2. The molecule has 0 fully saturated rings. The molecule has 144 valence electrons. The van der Waals surface area contributed by atoms with Crippen LogP contribution in [-0.4, -0.2) is 16.3 Å². The van der Waals surface area contributed by atoms with Crippen molar-refractivity contribution >= 4 is 27.9 Å². The summed E-state index contributed by atoms with van der Waals surface area (Å²) in [6, 6.07) is -0.814. The Hall–Kier alpha value is -0.580. The van der Waals surface area contributed by atoms with Crippen LogP contribution in [0.25, 0.3) is 0 Å². The Labute approximate surface area is 157 Å². The molecule has 0 spiro atoms. The predicted molar refractivity (Wildman–Crippen MR) is 107 cm³/mol. The first-order valence-corrected chi connectivity index (χ1v) is 10.3. The van der Waals surface area contributed by atoms with Crippen LogP contribution in [0.15, 0.2) is 0 Å². The lowest BCUT2D eigenvalue weighted by molar-refractivity contribution is -0.122. The highest BCUT2D eigenvalue weighted by molar-refractivity contribution is 9.10. The molecule has 5 heteroatoms. The molecule has 0 aliphatic rings. The standard InChI is InChI=1S/C12H26.C7H13BrN2O2/c1-5-8-12(4)10-7-9-11(3)6-2;1-3-7(8,4-2)5(11)10-6(9)12/h11-12H,5-10H2,1-4H3;3-4H2,1-2H3,(H3,9,10,11,12). The topological polar surface area (TPSA) is 72.2 Å². The minimum absolute atomic E-state index is 0.375. The number of halogens is 1. The van der Waals surface area contributed by atoms with E-state index in [1.807, 2.05) is 19.2 Å². The van der Waals surface area contributed by atoms with Crippen LogP contribution in [0.5, 0.6) is 0 Å². The number of urea groups is 1. The molecule has 0 aliphatic carbocycles. The summed E-state index contributed by atoms with van der Waals surface area (Å²) < 4.78 is -0.665. The fraction of sp³-hybridized carbons (Fsp3) is 0.895. The van der Waals surface area contributed by atoms with Gasteiger partial charge in [0.05, 0.1) is 0 Å². The fourth-order valence-electron chi connectivity index (χ4n) is 2.45. The zero-order valence-electron chi connectivity index (χ0n) is 16.6. The van der Waals surface area contributed by atoms with Gasteiger partial charge in [-0.3, -0.25) is 10.1 Å². The van der Waals surface area contributed by atoms with Crippen molar-refractivity contribution in [2.45, 2.75) is 97.2 Å². The number of primary amides is 1. The van der Waals surface area contributed by atoms with E-state index >= 15 is 0 Å². The Bertz CT molecular complexity index is 344. The quantitative estimate of drug-likeness (QED) is 0.451. The first kappa shape index (κ1) is 25.7. The molecule has 0 bridgehead atoms. The second-order valence-electron chi connectivity index (χ2n) is 6.83. The van der Waals surface area contributed by atoms with Crippen LogP contribution in [0.3, 0.4) is 0 Å². The number of carbonyl (C=O) groups excluding carboxylic acids is 2. The lowest BCUT2D eigenvalue weighted by Gasteiger charge is -2.21. The van der Waals surface area contributed by atoms with Gasteiger partial charge in [-0.05, 0) is 24.7 Å². The molecule has 0 radical (unpaired) electrons. The smallest absolute Gasteiger partial charge is 0.318 e. The number of hydrogen-bond donors (Lipinski definition) is 2. The molecule has 3 N–H and O–H groups in total. The first-order valence-electron chi connectivity index (χ1n) is 9.46. The molecular weight excluding hydrogens is 368 g/mol. The molecule has 0 aromatic rings. The Morgan fingerprint density at radius 3 is 1.88 bits per heavy atom. The average molecular weight is 407 g/mol. The molecule has 0 saturated heterocycles. The fourth-order valence-corrected chi connectivity index (χ4v) is 2.55. The first-order chi connectivity index (χ1) is 11.2. The molecule has 2 unspecified atom stereocenters. The Kier molecular flexibility index (Phi) is 15.8. The van der Waals surface area contributed by atoms with Gasteiger partial charge in [-0.1, -0.05) is 96.0 Å². The minimum Gasteiger partial charge on any atom is -0.351 e. The van der Waals surface area contributed by atoms with Crippen LogP contribution in [0.4, 0.5) is 4.79 Å². The van der Waals surface area contributed by atoms with Crippen molar-refractivity contribution in [3.8, 4) is 0 Å². The van der Waals surface area contributed by atoms with E-state index in [1.54, 1.807) is 0 Å². The van der Waals surface area contributed by atoms with Gasteiger partial charge in [-0.15, -0.1) is 0 Å². The summed E-state index contributed by atoms with van der Waals surface area (Å²) in [4.78, 5) is 21.6. The molecule has 24 heavy (non-hydrogen) atoms. The van der Waals surface area contributed by atoms with Crippen LogP contribution < -0.4 is 11.1 Å². The summed E-state index contributed by atoms with van der Waals surface area (Å²) in [5.41, 5.74) is 4.81. The van der Waals surface area contributed by atoms with Gasteiger partial charge in [-0.2, -0.15) is 0 Å². The molecule has 0 heterocycles. The van der Waals surface area contributed by atoms with Crippen molar-refractivity contribution in [2.24, 2.45) is 17.6 Å². The van der Waals surface area contributed by atoms with Crippen molar-refractivity contribution in [2.75, 3.05) is 0 Å². The van der Waals surface area contributed by atoms with Crippen LogP contribution in [0.1, 0.15) is 92.9 Å². The van der Waals surface area contributed by atoms with Crippen molar-refractivity contribution in [1.82, 2.24) is 5.32 Å². The molecule has 0 aliphatic heterocycles. The maximum absolute atomic E-state index is 11.3. The molecule has 0 aromatic heterocycles. The number of nitrogens with one attached hydrogen (secondary N) is 1. The van der Waals surface area contributed by atoms with Gasteiger partial charge in [-0.25, -0.2) is 4.79 Å². The second-order valence-corrected chi connectivity index (χ2v) is 8.35. The summed E-state index contributed by atoms with van der Waals surface area (Å²) >= 11 is 3.26. The average Bonchev–Trinajstić information content (AvgIpc) is 2.54. The lowest BCUT2D eigenvalue weighted by Crippen LogP contribution is -2.46. The highest BCUT2D eigenvalue weighted by Crippen LogP contribution is 2.26. The third-order valence-corrected chi connectivity index (χ3v) is 6.12. The number of imide groups is 1. The molecule has 3 amide bonds. The molecule has 2 atom stereocenters. The summed E-state index contributed by atoms with van der Waals surface area (Å²) in [6.07, 6.45) is 9.66. The molecular formula is C19H39BrN2O2. The maximum Gasteiger partial charge on any atom is 0.318 e. The zero-order valence-corrected chi connectivity index (χ0v) is 18.2. The normalized spacial score (nSPS) is 13.5. The van der Waals surface area contributed by atoms with Crippen LogP contribution >= 0.6 is 15.9 Å². The third-order valence-electron chi connectivity index (χ3n) is 4.64. The Morgan fingerprint density at radius 1 is 1.00 bits per heavy atom. The third kappa shape index (κ3) is 12.8. The van der Waals surface area contributed by atoms with Crippen LogP contribution in [0.2, 0.25) is 0 Å². The van der Waals surface area contributed by atoms with Gasteiger partial charge in [0.15, 0.2) is 0 Å². The number of amides is 3. The number of carbonyl (C=O) groups is 2. The Morgan fingerprint density at radius 2 is 1.50 bits per heavy atom. The summed E-state index contributed by atoms with van der Waals surface area (Å²) in [7, 11) is 0. The lowest BCUT2D eigenvalue weighted by atomic mass is 9.95. The van der Waals surface area contributed by atoms with Gasteiger partial charge in [0.2, 0.25) is 5.91 Å². The SMILES string of the molecule is CCC(Br)(CC)C(=O)NC(N)=O.CCCC(C)CCCC(C)CC. The van der Waals surface area contributed by atoms with Crippen molar-refractivity contribution in [1.29, 1.82) is 0 Å². The van der Waals surface area contributed by atoms with E-state index in [1.165, 1.54) is 38.5 Å². The van der Waals surface area contributed by atoms with E-state index in [0.717, 1.165) is 11.8 Å². The highest BCUT2D eigenvalue weighted by Gasteiger charge is 2.32. The van der Waals surface area contributed by atoms with E-state index in [2.05, 4.69) is 43.6 Å². The van der Waals surface area contributed by atoms with Gasteiger partial charge in [0.1, 0.15) is 4.32 Å². The summed E-state index contributed by atoms with van der Waals surface area (Å²) in [5.74, 6) is 1.53. The van der Waals surface area contributed by atoms with Gasteiger partial charge in [0, 0.05) is 0 Å². The second kappa shape index (κ2) is 14.7. The van der Waals surface area contributed by atoms with E-state index in [4.69, 9.17) is 5.73 Å². The molecule has 4 nitrogen and oxygen atoms in total. The number of alkyl halides is 1. The van der Waals surface area contributed by atoms with Crippen LogP contribution in [0, 0.1) is 11.8 Å². The highest BCUT2D eigenvalue weighted by atomic mass is 79.9.